The van der Waals surface area contributed by atoms with Crippen molar-refractivity contribution in [1.82, 2.24) is 5.32 Å². The fourth-order valence-electron chi connectivity index (χ4n) is 1.02. The lowest BCUT2D eigenvalue weighted by Gasteiger charge is -2.25. The normalized spacial score (nSPS) is 19.7. The molecular formula is C7H15NO. The van der Waals surface area contributed by atoms with Gasteiger partial charge < -0.3 is 10.1 Å². The topological polar surface area (TPSA) is 21.3 Å². The molecule has 1 N–H and O–H groups in total. The van der Waals surface area contributed by atoms with Gasteiger partial charge in [-0.05, 0) is 26.4 Å². The molecule has 1 heterocycles. The average molecular weight is 129 g/mol. The second-order valence-corrected chi connectivity index (χ2v) is 2.65. The average Bonchev–Trinajstić information content (AvgIpc) is 1.76. The summed E-state index contributed by atoms with van der Waals surface area (Å²) in [6, 6.07) is 0. The van der Waals surface area contributed by atoms with Gasteiger partial charge in [-0.1, -0.05) is 0 Å². The fraction of sp³-hybridized carbons (Fsp3) is 1.00. The Hall–Kier alpha value is -0.0800. The zero-order valence-corrected chi connectivity index (χ0v) is 6.02. The second kappa shape index (κ2) is 3.85. The summed E-state index contributed by atoms with van der Waals surface area (Å²) in [4.78, 5) is 0. The van der Waals surface area contributed by atoms with Crippen molar-refractivity contribution in [2.75, 3.05) is 26.8 Å². The van der Waals surface area contributed by atoms with E-state index in [0.29, 0.717) is 0 Å². The summed E-state index contributed by atoms with van der Waals surface area (Å²) in [6.07, 6.45) is 2.63. The van der Waals surface area contributed by atoms with Crippen LogP contribution < -0.4 is 5.32 Å². The third-order valence-corrected chi connectivity index (χ3v) is 1.75. The Kier molecular flexibility index (Phi) is 3.01. The van der Waals surface area contributed by atoms with E-state index in [1.54, 1.807) is 0 Å². The Morgan fingerprint density at radius 1 is 1.56 bits per heavy atom. The highest BCUT2D eigenvalue weighted by Gasteiger charge is 2.16. The first-order chi connectivity index (χ1) is 4.43. The molecule has 0 aliphatic carbocycles. The van der Waals surface area contributed by atoms with Crippen molar-refractivity contribution < 1.29 is 4.74 Å². The smallest absolute Gasteiger partial charge is 0.0516 e. The van der Waals surface area contributed by atoms with Gasteiger partial charge in [0.15, 0.2) is 0 Å². The maximum atomic E-state index is 5.05. The number of hydrogen-bond donors (Lipinski definition) is 1. The van der Waals surface area contributed by atoms with Gasteiger partial charge in [-0.3, -0.25) is 0 Å². The van der Waals surface area contributed by atoms with Crippen molar-refractivity contribution in [3.63, 3.8) is 0 Å². The van der Waals surface area contributed by atoms with Crippen molar-refractivity contribution in [3.8, 4) is 0 Å². The predicted octanol–water partition coefficient (Wildman–Crippen LogP) is 0.632. The molecule has 0 unspecified atom stereocenters. The van der Waals surface area contributed by atoms with E-state index in [-0.39, 0.29) is 0 Å². The van der Waals surface area contributed by atoms with Crippen molar-refractivity contribution in [3.05, 3.63) is 0 Å². The Labute approximate surface area is 56.6 Å². The van der Waals surface area contributed by atoms with Gasteiger partial charge in [0.05, 0.1) is 13.2 Å². The van der Waals surface area contributed by atoms with E-state index in [4.69, 9.17) is 4.74 Å². The molecule has 9 heavy (non-hydrogen) atoms. The fourth-order valence-corrected chi connectivity index (χ4v) is 1.02. The van der Waals surface area contributed by atoms with Gasteiger partial charge in [0.2, 0.25) is 0 Å². The zero-order valence-electron chi connectivity index (χ0n) is 6.02. The molecule has 1 rings (SSSR count). The van der Waals surface area contributed by atoms with Gasteiger partial charge in [-0.15, -0.1) is 0 Å². The summed E-state index contributed by atoms with van der Waals surface area (Å²) in [5.74, 6) is 0.873. The minimum atomic E-state index is 0.873. The van der Waals surface area contributed by atoms with Crippen LogP contribution in [0.25, 0.3) is 0 Å². The molecule has 2 heteroatoms. The lowest BCUT2D eigenvalue weighted by Crippen LogP contribution is -2.28. The zero-order chi connectivity index (χ0) is 6.53. The van der Waals surface area contributed by atoms with Crippen LogP contribution in [0.5, 0.6) is 0 Å². The summed E-state index contributed by atoms with van der Waals surface area (Å²) >= 11 is 0. The molecule has 0 atom stereocenters. The van der Waals surface area contributed by atoms with Gasteiger partial charge in [0.1, 0.15) is 0 Å². The molecule has 54 valence electrons. The van der Waals surface area contributed by atoms with E-state index in [2.05, 4.69) is 5.32 Å². The van der Waals surface area contributed by atoms with Crippen molar-refractivity contribution >= 4 is 0 Å². The highest BCUT2D eigenvalue weighted by atomic mass is 16.5. The minimum absolute atomic E-state index is 0.873. The largest absolute Gasteiger partial charge is 0.381 e. The van der Waals surface area contributed by atoms with Gasteiger partial charge in [-0.25, -0.2) is 0 Å². The highest BCUT2D eigenvalue weighted by molar-refractivity contribution is 4.65. The lowest BCUT2D eigenvalue weighted by atomic mass is 10.0. The third kappa shape index (κ3) is 2.33. The minimum Gasteiger partial charge on any atom is -0.381 e. The van der Waals surface area contributed by atoms with Crippen LogP contribution in [0.15, 0.2) is 0 Å². The Morgan fingerprint density at radius 2 is 2.33 bits per heavy atom. The Balaban J connectivity index is 1.80. The standard InChI is InChI=1S/C7H15NO/c1-8-4-2-3-7-5-9-6-7/h7-8H,2-6H2,1H3. The summed E-state index contributed by atoms with van der Waals surface area (Å²) < 4.78 is 5.05. The monoisotopic (exact) mass is 129 g/mol. The van der Waals surface area contributed by atoms with Crippen molar-refractivity contribution in [2.45, 2.75) is 12.8 Å². The van der Waals surface area contributed by atoms with E-state index in [1.165, 1.54) is 12.8 Å². The van der Waals surface area contributed by atoms with Crippen molar-refractivity contribution in [1.29, 1.82) is 0 Å². The summed E-state index contributed by atoms with van der Waals surface area (Å²) in [5, 5.41) is 3.13. The molecule has 0 amide bonds. The molecule has 1 fully saturated rings. The Bertz CT molecular complexity index is 71.3. The van der Waals surface area contributed by atoms with Crippen LogP contribution in [0.2, 0.25) is 0 Å². The quantitative estimate of drug-likeness (QED) is 0.562. The molecule has 0 aromatic carbocycles. The number of ether oxygens (including phenoxy) is 1. The summed E-state index contributed by atoms with van der Waals surface area (Å²) in [7, 11) is 2.00. The molecule has 1 aliphatic heterocycles. The van der Waals surface area contributed by atoms with Gasteiger partial charge in [0.25, 0.3) is 0 Å². The van der Waals surface area contributed by atoms with E-state index >= 15 is 0 Å². The van der Waals surface area contributed by atoms with Crippen LogP contribution in [0.4, 0.5) is 0 Å². The van der Waals surface area contributed by atoms with Gasteiger partial charge in [0, 0.05) is 5.92 Å². The maximum Gasteiger partial charge on any atom is 0.0516 e. The SMILES string of the molecule is CNCCCC1COC1. The number of hydrogen-bond acceptors (Lipinski definition) is 2. The molecule has 0 spiro atoms. The first kappa shape index (κ1) is 7.03. The van der Waals surface area contributed by atoms with Crippen LogP contribution in [0.3, 0.4) is 0 Å². The van der Waals surface area contributed by atoms with Gasteiger partial charge >= 0.3 is 0 Å². The lowest BCUT2D eigenvalue weighted by molar-refractivity contribution is -0.0360. The second-order valence-electron chi connectivity index (χ2n) is 2.65. The molecule has 1 saturated heterocycles. The molecule has 0 aromatic rings. The molecule has 0 radical (unpaired) electrons. The van der Waals surface area contributed by atoms with Crippen LogP contribution in [-0.2, 0) is 4.74 Å². The van der Waals surface area contributed by atoms with Crippen molar-refractivity contribution in [2.24, 2.45) is 5.92 Å². The first-order valence-electron chi connectivity index (χ1n) is 3.66. The van der Waals surface area contributed by atoms with Crippen LogP contribution in [0, 0.1) is 5.92 Å². The first-order valence-corrected chi connectivity index (χ1v) is 3.66. The van der Waals surface area contributed by atoms with Gasteiger partial charge in [-0.2, -0.15) is 0 Å². The Morgan fingerprint density at radius 3 is 2.78 bits per heavy atom. The van der Waals surface area contributed by atoms with Crippen LogP contribution in [-0.4, -0.2) is 26.8 Å². The molecular weight excluding hydrogens is 114 g/mol. The summed E-state index contributed by atoms with van der Waals surface area (Å²) in [5.41, 5.74) is 0. The van der Waals surface area contributed by atoms with Crippen LogP contribution >= 0.6 is 0 Å². The van der Waals surface area contributed by atoms with E-state index in [9.17, 15) is 0 Å². The predicted molar refractivity (Wildman–Crippen MR) is 37.5 cm³/mol. The number of rotatable bonds is 4. The van der Waals surface area contributed by atoms with E-state index in [1.807, 2.05) is 7.05 Å². The third-order valence-electron chi connectivity index (χ3n) is 1.75. The molecule has 2 nitrogen and oxygen atoms in total. The highest BCUT2D eigenvalue weighted by Crippen LogP contribution is 2.15. The van der Waals surface area contributed by atoms with E-state index in [0.717, 1.165) is 25.7 Å². The number of nitrogens with one attached hydrogen (secondary N) is 1. The maximum absolute atomic E-state index is 5.05. The molecule has 1 aliphatic rings. The molecule has 0 aromatic heterocycles. The molecule has 0 saturated carbocycles. The molecule has 0 bridgehead atoms. The van der Waals surface area contributed by atoms with E-state index < -0.39 is 0 Å². The van der Waals surface area contributed by atoms with Crippen LogP contribution in [0.1, 0.15) is 12.8 Å². The summed E-state index contributed by atoms with van der Waals surface area (Å²) in [6.45, 7) is 3.16.